The summed E-state index contributed by atoms with van der Waals surface area (Å²) in [7, 11) is 0. The van der Waals surface area contributed by atoms with Gasteiger partial charge in [0.1, 0.15) is 5.75 Å². The van der Waals surface area contributed by atoms with Crippen LogP contribution in [0.25, 0.3) is 0 Å². The Bertz CT molecular complexity index is 355. The molecule has 0 heterocycles. The molecule has 1 aromatic carbocycles. The van der Waals surface area contributed by atoms with E-state index in [0.717, 1.165) is 0 Å². The molecule has 0 aromatic heterocycles. The Labute approximate surface area is 88.4 Å². The predicted molar refractivity (Wildman–Crippen MR) is 48.3 cm³/mol. The molecule has 1 aromatic rings. The third-order valence-electron chi connectivity index (χ3n) is 1.39. The molecule has 0 bridgehead atoms. The summed E-state index contributed by atoms with van der Waals surface area (Å²) in [4.78, 5) is 10.7. The molecular formula is C8H4Cl2F2O2. The van der Waals surface area contributed by atoms with Crippen molar-refractivity contribution < 1.29 is 18.3 Å². The summed E-state index contributed by atoms with van der Waals surface area (Å²) in [5.74, 6) is -0.270. The monoisotopic (exact) mass is 240 g/mol. The Morgan fingerprint density at radius 3 is 2.57 bits per heavy atom. The van der Waals surface area contributed by atoms with Gasteiger partial charge in [0.15, 0.2) is 0 Å². The summed E-state index contributed by atoms with van der Waals surface area (Å²) < 4.78 is 27.7. The molecule has 0 spiro atoms. The lowest BCUT2D eigenvalue weighted by Crippen LogP contribution is -2.03. The van der Waals surface area contributed by atoms with E-state index in [1.807, 2.05) is 0 Å². The van der Waals surface area contributed by atoms with Gasteiger partial charge in [-0.2, -0.15) is 8.78 Å². The highest BCUT2D eigenvalue weighted by Gasteiger charge is 2.14. The van der Waals surface area contributed by atoms with Gasteiger partial charge in [0.2, 0.25) is 0 Å². The van der Waals surface area contributed by atoms with Crippen molar-refractivity contribution in [2.75, 3.05) is 0 Å². The number of hydrogen-bond donors (Lipinski definition) is 0. The van der Waals surface area contributed by atoms with Crippen LogP contribution in [0.5, 0.6) is 5.75 Å². The molecular weight excluding hydrogens is 237 g/mol. The molecule has 0 saturated carbocycles. The Morgan fingerprint density at radius 2 is 2.07 bits per heavy atom. The number of alkyl halides is 2. The highest BCUT2D eigenvalue weighted by Crippen LogP contribution is 2.30. The maximum atomic E-state index is 11.8. The average molecular weight is 241 g/mol. The average Bonchev–Trinajstić information content (AvgIpc) is 2.07. The van der Waals surface area contributed by atoms with Crippen molar-refractivity contribution in [1.82, 2.24) is 0 Å². The van der Waals surface area contributed by atoms with Crippen LogP contribution in [0.3, 0.4) is 0 Å². The van der Waals surface area contributed by atoms with Crippen LogP contribution in [0.1, 0.15) is 10.4 Å². The summed E-state index contributed by atoms with van der Waals surface area (Å²) in [6, 6.07) is 3.88. The second-order valence-electron chi connectivity index (χ2n) is 2.27. The quantitative estimate of drug-likeness (QED) is 0.758. The minimum Gasteiger partial charge on any atom is -0.433 e. The molecule has 2 nitrogen and oxygen atoms in total. The van der Waals surface area contributed by atoms with E-state index in [1.54, 1.807) is 0 Å². The predicted octanol–water partition coefficient (Wildman–Crippen LogP) is 3.32. The minimum absolute atomic E-state index is 0.0634. The van der Waals surface area contributed by atoms with Gasteiger partial charge in [0.05, 0.1) is 10.6 Å². The van der Waals surface area contributed by atoms with Crippen molar-refractivity contribution in [2.24, 2.45) is 0 Å². The van der Waals surface area contributed by atoms with E-state index >= 15 is 0 Å². The lowest BCUT2D eigenvalue weighted by molar-refractivity contribution is -0.0498. The van der Waals surface area contributed by atoms with E-state index in [-0.39, 0.29) is 16.3 Å². The molecule has 0 atom stereocenters. The summed E-state index contributed by atoms with van der Waals surface area (Å²) in [6.45, 7) is -2.99. The Hall–Kier alpha value is -0.870. The SMILES string of the molecule is O=C(Cl)c1cccc(OC(F)F)c1Cl. The van der Waals surface area contributed by atoms with Gasteiger partial charge in [0.25, 0.3) is 5.24 Å². The van der Waals surface area contributed by atoms with E-state index in [9.17, 15) is 13.6 Å². The summed E-state index contributed by atoms with van der Waals surface area (Å²) in [5, 5.41) is -1.04. The number of halogens is 4. The van der Waals surface area contributed by atoms with Crippen LogP contribution in [0.15, 0.2) is 18.2 Å². The fraction of sp³-hybridized carbons (Fsp3) is 0.125. The zero-order chi connectivity index (χ0) is 10.7. The van der Waals surface area contributed by atoms with E-state index < -0.39 is 11.9 Å². The van der Waals surface area contributed by atoms with Crippen molar-refractivity contribution in [3.05, 3.63) is 28.8 Å². The van der Waals surface area contributed by atoms with Crippen molar-refractivity contribution in [3.8, 4) is 5.75 Å². The molecule has 0 aliphatic carbocycles. The fourth-order valence-electron chi connectivity index (χ4n) is 0.850. The highest BCUT2D eigenvalue weighted by molar-refractivity contribution is 6.68. The van der Waals surface area contributed by atoms with E-state index in [0.29, 0.717) is 0 Å². The lowest BCUT2D eigenvalue weighted by atomic mass is 10.2. The Kier molecular flexibility index (Phi) is 3.66. The molecule has 0 radical (unpaired) electrons. The van der Waals surface area contributed by atoms with Crippen LogP contribution < -0.4 is 4.74 Å². The highest BCUT2D eigenvalue weighted by atomic mass is 35.5. The third-order valence-corrected chi connectivity index (χ3v) is 1.98. The molecule has 0 aliphatic rings. The van der Waals surface area contributed by atoms with Crippen LogP contribution in [0.4, 0.5) is 8.78 Å². The molecule has 76 valence electrons. The molecule has 6 heteroatoms. The van der Waals surface area contributed by atoms with Gasteiger partial charge in [-0.3, -0.25) is 4.79 Å². The van der Waals surface area contributed by atoms with Crippen LogP contribution in [0.2, 0.25) is 5.02 Å². The number of rotatable bonds is 3. The summed E-state index contributed by atoms with van der Waals surface area (Å²) in [6.07, 6.45) is 0. The van der Waals surface area contributed by atoms with Gasteiger partial charge >= 0.3 is 6.61 Å². The fourth-order valence-corrected chi connectivity index (χ4v) is 1.31. The van der Waals surface area contributed by atoms with Crippen LogP contribution in [-0.2, 0) is 0 Å². The zero-order valence-electron chi connectivity index (χ0n) is 6.64. The molecule has 0 fully saturated rings. The van der Waals surface area contributed by atoms with Crippen LogP contribution in [0, 0.1) is 0 Å². The number of benzene rings is 1. The smallest absolute Gasteiger partial charge is 0.387 e. The first-order valence-corrected chi connectivity index (χ1v) is 4.21. The van der Waals surface area contributed by atoms with E-state index in [4.69, 9.17) is 23.2 Å². The van der Waals surface area contributed by atoms with Gasteiger partial charge in [-0.15, -0.1) is 0 Å². The van der Waals surface area contributed by atoms with Gasteiger partial charge in [-0.25, -0.2) is 0 Å². The van der Waals surface area contributed by atoms with Gasteiger partial charge in [-0.1, -0.05) is 17.7 Å². The van der Waals surface area contributed by atoms with Crippen molar-refractivity contribution in [3.63, 3.8) is 0 Å². The molecule has 0 saturated heterocycles. The van der Waals surface area contributed by atoms with E-state index in [1.165, 1.54) is 18.2 Å². The molecule has 0 aliphatic heterocycles. The Morgan fingerprint density at radius 1 is 1.43 bits per heavy atom. The normalized spacial score (nSPS) is 10.4. The first-order valence-electron chi connectivity index (χ1n) is 3.45. The maximum absolute atomic E-state index is 11.8. The second kappa shape index (κ2) is 4.57. The van der Waals surface area contributed by atoms with Crippen molar-refractivity contribution in [1.29, 1.82) is 0 Å². The van der Waals surface area contributed by atoms with Crippen molar-refractivity contribution in [2.45, 2.75) is 6.61 Å². The number of hydrogen-bond acceptors (Lipinski definition) is 2. The topological polar surface area (TPSA) is 26.3 Å². The number of ether oxygens (including phenoxy) is 1. The second-order valence-corrected chi connectivity index (χ2v) is 2.99. The summed E-state index contributed by atoms with van der Waals surface area (Å²) in [5.41, 5.74) is -0.0634. The molecule has 0 amide bonds. The first-order chi connectivity index (χ1) is 6.52. The minimum atomic E-state index is -2.99. The molecule has 1 rings (SSSR count). The largest absolute Gasteiger partial charge is 0.433 e. The van der Waals surface area contributed by atoms with E-state index in [2.05, 4.69) is 4.74 Å². The molecule has 14 heavy (non-hydrogen) atoms. The standard InChI is InChI=1S/C8H4Cl2F2O2/c9-6-4(7(10)13)2-1-3-5(6)14-8(11)12/h1-3,8H. The number of carbonyl (C=O) groups is 1. The molecule has 0 N–H and O–H groups in total. The lowest BCUT2D eigenvalue weighted by Gasteiger charge is -2.07. The maximum Gasteiger partial charge on any atom is 0.387 e. The third kappa shape index (κ3) is 2.56. The van der Waals surface area contributed by atoms with Gasteiger partial charge in [0, 0.05) is 0 Å². The first kappa shape index (κ1) is 11.2. The van der Waals surface area contributed by atoms with Gasteiger partial charge < -0.3 is 4.74 Å². The van der Waals surface area contributed by atoms with Gasteiger partial charge in [-0.05, 0) is 23.7 Å². The van der Waals surface area contributed by atoms with Crippen LogP contribution in [-0.4, -0.2) is 11.9 Å². The van der Waals surface area contributed by atoms with Crippen molar-refractivity contribution >= 4 is 28.4 Å². The summed E-state index contributed by atoms with van der Waals surface area (Å²) >= 11 is 10.7. The van der Waals surface area contributed by atoms with Crippen LogP contribution >= 0.6 is 23.2 Å². The zero-order valence-corrected chi connectivity index (χ0v) is 8.15. The number of carbonyl (C=O) groups excluding carboxylic acids is 1. The Balaban J connectivity index is 3.07. The molecule has 0 unspecified atom stereocenters.